The summed E-state index contributed by atoms with van der Waals surface area (Å²) in [6.07, 6.45) is -2.63. The second kappa shape index (κ2) is 3.54. The average molecular weight is 121 g/mol. The third-order valence-electron chi connectivity index (χ3n) is 0.721. The number of rotatable bonds is 3. The summed E-state index contributed by atoms with van der Waals surface area (Å²) in [5.74, 6) is 0. The minimum absolute atomic E-state index is 0.168. The quantitative estimate of drug-likeness (QED) is 0.295. The van der Waals surface area contributed by atoms with E-state index in [2.05, 4.69) is 0 Å². The molecule has 48 valence electrons. The molecule has 0 heterocycles. The lowest BCUT2D eigenvalue weighted by Crippen LogP contribution is -2.30. The standard InChI is InChI=1S/C4H8O4/c5-1-3(7)4(8)2-6/h1,3-4,6-8H,2H2/t3-,4-/m1/s1/i3+1. The van der Waals surface area contributed by atoms with Gasteiger partial charge in [-0.05, 0) is 0 Å². The molecule has 4 nitrogen and oxygen atoms in total. The van der Waals surface area contributed by atoms with Gasteiger partial charge >= 0.3 is 0 Å². The molecule has 0 rings (SSSR count). The number of carbonyl (C=O) groups is 1. The van der Waals surface area contributed by atoms with E-state index in [9.17, 15) is 4.79 Å². The molecule has 0 fully saturated rings. The van der Waals surface area contributed by atoms with E-state index in [0.717, 1.165) is 0 Å². The molecule has 0 aliphatic carbocycles. The van der Waals surface area contributed by atoms with Crippen molar-refractivity contribution >= 4 is 6.29 Å². The zero-order valence-electron chi connectivity index (χ0n) is 4.19. The van der Waals surface area contributed by atoms with Gasteiger partial charge < -0.3 is 20.1 Å². The predicted molar refractivity (Wildman–Crippen MR) is 25.2 cm³/mol. The molecule has 0 aromatic heterocycles. The zero-order valence-corrected chi connectivity index (χ0v) is 4.19. The molecular formula is C4H8O4. The molecule has 2 atom stereocenters. The fraction of sp³-hybridized carbons (Fsp3) is 0.750. The summed E-state index contributed by atoms with van der Waals surface area (Å²) >= 11 is 0. The monoisotopic (exact) mass is 121 g/mol. The Kier molecular flexibility index (Phi) is 3.34. The predicted octanol–water partition coefficient (Wildman–Crippen LogP) is -2.10. The van der Waals surface area contributed by atoms with Gasteiger partial charge in [0.1, 0.15) is 12.2 Å². The van der Waals surface area contributed by atoms with Gasteiger partial charge in [0.2, 0.25) is 0 Å². The molecule has 0 bridgehead atoms. The van der Waals surface area contributed by atoms with Crippen molar-refractivity contribution in [3.05, 3.63) is 0 Å². The molecular weight excluding hydrogens is 113 g/mol. The lowest BCUT2D eigenvalue weighted by Gasteiger charge is -2.06. The number of aliphatic hydroxyl groups is 3. The van der Waals surface area contributed by atoms with Gasteiger partial charge in [0, 0.05) is 0 Å². The van der Waals surface area contributed by atoms with E-state index >= 15 is 0 Å². The van der Waals surface area contributed by atoms with Gasteiger partial charge in [-0.3, -0.25) is 0 Å². The lowest BCUT2D eigenvalue weighted by molar-refractivity contribution is -0.121. The van der Waals surface area contributed by atoms with Crippen LogP contribution in [-0.4, -0.2) is 40.4 Å². The first-order chi connectivity index (χ1) is 3.72. The first-order valence-electron chi connectivity index (χ1n) is 2.14. The van der Waals surface area contributed by atoms with Gasteiger partial charge in [0.15, 0.2) is 6.29 Å². The number of hydrogen-bond acceptors (Lipinski definition) is 4. The van der Waals surface area contributed by atoms with Gasteiger partial charge in [0.05, 0.1) is 6.61 Å². The van der Waals surface area contributed by atoms with Crippen molar-refractivity contribution in [1.82, 2.24) is 0 Å². The smallest absolute Gasteiger partial charge is 0.151 e. The SMILES string of the molecule is O=C[13C@@H](O)[C@H](O)CO. The molecule has 0 saturated carbocycles. The molecule has 3 N–H and O–H groups in total. The van der Waals surface area contributed by atoms with Crippen LogP contribution in [0.15, 0.2) is 0 Å². The molecule has 8 heavy (non-hydrogen) atoms. The summed E-state index contributed by atoms with van der Waals surface area (Å²) in [6, 6.07) is 0. The van der Waals surface area contributed by atoms with Crippen molar-refractivity contribution in [2.45, 2.75) is 12.2 Å². The van der Waals surface area contributed by atoms with E-state index in [1.54, 1.807) is 0 Å². The fourth-order valence-corrected chi connectivity index (χ4v) is 0.199. The molecule has 0 spiro atoms. The zero-order chi connectivity index (χ0) is 6.57. The molecule has 4 heteroatoms. The maximum atomic E-state index is 9.58. The highest BCUT2D eigenvalue weighted by atomic mass is 16.4. The lowest BCUT2D eigenvalue weighted by atomic mass is 10.5. The molecule has 0 aliphatic rings. The van der Waals surface area contributed by atoms with Crippen molar-refractivity contribution in [2.75, 3.05) is 6.61 Å². The van der Waals surface area contributed by atoms with Crippen LogP contribution < -0.4 is 0 Å². The summed E-state index contributed by atoms with van der Waals surface area (Å²) in [4.78, 5) is 9.58. The Labute approximate surface area is 46.4 Å². The summed E-state index contributed by atoms with van der Waals surface area (Å²) in [6.45, 7) is -0.597. The highest BCUT2D eigenvalue weighted by molar-refractivity contribution is 5.56. The normalized spacial score (nSPS) is 17.4. The maximum absolute atomic E-state index is 9.58. The summed E-state index contributed by atoms with van der Waals surface area (Å²) in [5, 5.41) is 24.8. The average Bonchev–Trinajstić information content (AvgIpc) is 1.84. The van der Waals surface area contributed by atoms with E-state index in [1.165, 1.54) is 0 Å². The summed E-state index contributed by atoms with van der Waals surface area (Å²) in [5.41, 5.74) is 0. The van der Waals surface area contributed by atoms with Gasteiger partial charge in [0.25, 0.3) is 0 Å². The van der Waals surface area contributed by atoms with Crippen LogP contribution in [0.25, 0.3) is 0 Å². The third kappa shape index (κ3) is 2.02. The van der Waals surface area contributed by atoms with Gasteiger partial charge in [-0.2, -0.15) is 0 Å². The third-order valence-corrected chi connectivity index (χ3v) is 0.721. The summed E-state index contributed by atoms with van der Waals surface area (Å²) in [7, 11) is 0. The van der Waals surface area contributed by atoms with Crippen LogP contribution in [0, 0.1) is 0 Å². The highest BCUT2D eigenvalue weighted by Crippen LogP contribution is 1.85. The van der Waals surface area contributed by atoms with Crippen LogP contribution in [-0.2, 0) is 4.79 Å². The Morgan fingerprint density at radius 2 is 2.00 bits per heavy atom. The second-order valence-corrected chi connectivity index (χ2v) is 1.38. The fourth-order valence-electron chi connectivity index (χ4n) is 0.199. The Bertz CT molecular complexity index is 72.4. The maximum Gasteiger partial charge on any atom is 0.151 e. The Morgan fingerprint density at radius 1 is 1.50 bits per heavy atom. The number of aldehydes is 1. The van der Waals surface area contributed by atoms with Crippen LogP contribution in [0.4, 0.5) is 0 Å². The Hall–Kier alpha value is -0.450. The van der Waals surface area contributed by atoms with Crippen molar-refractivity contribution in [2.24, 2.45) is 0 Å². The molecule has 0 aromatic carbocycles. The van der Waals surface area contributed by atoms with Crippen LogP contribution in [0.1, 0.15) is 0 Å². The van der Waals surface area contributed by atoms with E-state index in [1.807, 2.05) is 0 Å². The Morgan fingerprint density at radius 3 is 2.12 bits per heavy atom. The van der Waals surface area contributed by atoms with Gasteiger partial charge in [-0.15, -0.1) is 0 Å². The van der Waals surface area contributed by atoms with Gasteiger partial charge in [-0.1, -0.05) is 0 Å². The molecule has 0 radical (unpaired) electrons. The topological polar surface area (TPSA) is 77.8 Å². The van der Waals surface area contributed by atoms with Crippen molar-refractivity contribution in [3.63, 3.8) is 0 Å². The van der Waals surface area contributed by atoms with E-state index in [0.29, 0.717) is 0 Å². The Balaban J connectivity index is 3.44. The van der Waals surface area contributed by atoms with Crippen LogP contribution in [0.5, 0.6) is 0 Å². The second-order valence-electron chi connectivity index (χ2n) is 1.38. The first-order valence-corrected chi connectivity index (χ1v) is 2.14. The molecule has 0 amide bonds. The van der Waals surface area contributed by atoms with Crippen molar-refractivity contribution in [1.29, 1.82) is 0 Å². The first kappa shape index (κ1) is 7.55. The number of hydrogen-bond donors (Lipinski definition) is 3. The highest BCUT2D eigenvalue weighted by Gasteiger charge is 2.12. The van der Waals surface area contributed by atoms with E-state index in [4.69, 9.17) is 15.3 Å². The van der Waals surface area contributed by atoms with Crippen LogP contribution in [0.2, 0.25) is 0 Å². The minimum atomic E-state index is -1.46. The van der Waals surface area contributed by atoms with E-state index < -0.39 is 18.8 Å². The molecule has 0 unspecified atom stereocenters. The van der Waals surface area contributed by atoms with Crippen LogP contribution >= 0.6 is 0 Å². The van der Waals surface area contributed by atoms with E-state index in [-0.39, 0.29) is 6.29 Å². The number of carbonyl (C=O) groups excluding carboxylic acids is 1. The number of aliphatic hydroxyl groups excluding tert-OH is 3. The molecule has 0 saturated heterocycles. The molecule has 0 aliphatic heterocycles. The van der Waals surface area contributed by atoms with Gasteiger partial charge in [-0.25, -0.2) is 0 Å². The summed E-state index contributed by atoms with van der Waals surface area (Å²) < 4.78 is 0. The van der Waals surface area contributed by atoms with Crippen molar-refractivity contribution < 1.29 is 20.1 Å². The minimum Gasteiger partial charge on any atom is -0.394 e. The molecule has 0 aromatic rings. The van der Waals surface area contributed by atoms with Crippen LogP contribution in [0.3, 0.4) is 0 Å². The van der Waals surface area contributed by atoms with Crippen molar-refractivity contribution in [3.8, 4) is 0 Å². The largest absolute Gasteiger partial charge is 0.394 e.